The minimum atomic E-state index is -0.656. The van der Waals surface area contributed by atoms with Crippen molar-refractivity contribution in [3.05, 3.63) is 11.6 Å². The molecule has 0 bridgehead atoms. The van der Waals surface area contributed by atoms with Crippen LogP contribution in [0, 0.1) is 50.2 Å². The summed E-state index contributed by atoms with van der Waals surface area (Å²) < 4.78 is 0. The number of allylic oxidation sites excluding steroid dienone is 2. The second kappa shape index (κ2) is 6.88. The standard InChI is InChI=1S/C30H50O3/c1-25(2)17-19-18-9-10-21-28(6)13-12-22(31)26(3,4)20(28)11-14-30(21,8)29(18,7)16-15-27(19,5)24(33)23(25)32/h9,19-24,31-33H,10-17H2,1-8H3/t19?,20?,21?,22?,23?,24?,27?,28?,29-,30?/m1/s1. The lowest BCUT2D eigenvalue weighted by atomic mass is 9.33. The zero-order valence-electron chi connectivity index (χ0n) is 22.5. The fourth-order valence-electron chi connectivity index (χ4n) is 10.7. The molecule has 0 saturated heterocycles. The van der Waals surface area contributed by atoms with Gasteiger partial charge < -0.3 is 15.3 Å². The highest BCUT2D eigenvalue weighted by Gasteiger charge is 2.69. The fourth-order valence-corrected chi connectivity index (χ4v) is 10.7. The Morgan fingerprint density at radius 1 is 0.727 bits per heavy atom. The average molecular weight is 459 g/mol. The molecule has 3 N–H and O–H groups in total. The van der Waals surface area contributed by atoms with Crippen molar-refractivity contribution in [3.63, 3.8) is 0 Å². The quantitative estimate of drug-likeness (QED) is 0.384. The molecule has 33 heavy (non-hydrogen) atoms. The van der Waals surface area contributed by atoms with Gasteiger partial charge in [0.25, 0.3) is 0 Å². The van der Waals surface area contributed by atoms with Crippen LogP contribution in [0.1, 0.15) is 107 Å². The fraction of sp³-hybridized carbons (Fsp3) is 0.933. The zero-order valence-corrected chi connectivity index (χ0v) is 22.5. The van der Waals surface area contributed by atoms with Crippen molar-refractivity contribution in [2.24, 2.45) is 50.2 Å². The molecule has 4 fully saturated rings. The molecule has 3 heteroatoms. The van der Waals surface area contributed by atoms with Crippen molar-refractivity contribution >= 4 is 0 Å². The van der Waals surface area contributed by atoms with Crippen LogP contribution < -0.4 is 0 Å². The molecule has 0 amide bonds. The first-order valence-electron chi connectivity index (χ1n) is 13.8. The van der Waals surface area contributed by atoms with Gasteiger partial charge in [0.15, 0.2) is 0 Å². The highest BCUT2D eigenvalue weighted by molar-refractivity contribution is 5.34. The molecule has 0 spiro atoms. The van der Waals surface area contributed by atoms with Gasteiger partial charge in [0.05, 0.1) is 18.3 Å². The molecule has 0 heterocycles. The van der Waals surface area contributed by atoms with E-state index in [-0.39, 0.29) is 38.6 Å². The van der Waals surface area contributed by atoms with Crippen LogP contribution in [-0.4, -0.2) is 33.6 Å². The average Bonchev–Trinajstić information content (AvgIpc) is 2.72. The molecule has 5 aliphatic rings. The van der Waals surface area contributed by atoms with Crippen LogP contribution in [0.15, 0.2) is 11.6 Å². The highest BCUT2D eigenvalue weighted by atomic mass is 16.3. The smallest absolute Gasteiger partial charge is 0.0863 e. The maximum Gasteiger partial charge on any atom is 0.0863 e. The Balaban J connectivity index is 1.58. The SMILES string of the molecule is CC1(C)CC2C3=CCC4C5(C)CCC(O)C(C)(C)C5CCC4(C)[C@]3(C)CCC2(C)C(O)C1O. The third-order valence-corrected chi connectivity index (χ3v) is 13.3. The van der Waals surface area contributed by atoms with Crippen molar-refractivity contribution < 1.29 is 15.3 Å². The number of rotatable bonds is 0. The summed E-state index contributed by atoms with van der Waals surface area (Å²) in [6.45, 7) is 18.9. The summed E-state index contributed by atoms with van der Waals surface area (Å²) in [5.41, 5.74) is 1.74. The molecule has 0 radical (unpaired) electrons. The first kappa shape index (κ1) is 24.3. The highest BCUT2D eigenvalue weighted by Crippen LogP contribution is 2.75. The Kier molecular flexibility index (Phi) is 5.07. The van der Waals surface area contributed by atoms with E-state index in [1.165, 1.54) is 12.8 Å². The van der Waals surface area contributed by atoms with Crippen LogP contribution in [0.25, 0.3) is 0 Å². The number of hydrogen-bond acceptors (Lipinski definition) is 3. The monoisotopic (exact) mass is 458 g/mol. The Morgan fingerprint density at radius 3 is 2.06 bits per heavy atom. The Bertz CT molecular complexity index is 859. The van der Waals surface area contributed by atoms with Crippen LogP contribution in [0.3, 0.4) is 0 Å². The Hall–Kier alpha value is -0.380. The van der Waals surface area contributed by atoms with Gasteiger partial charge in [-0.2, -0.15) is 0 Å². The van der Waals surface area contributed by atoms with Crippen molar-refractivity contribution in [3.8, 4) is 0 Å². The molecule has 0 aromatic carbocycles. The molecule has 0 aromatic heterocycles. The van der Waals surface area contributed by atoms with Crippen LogP contribution in [-0.2, 0) is 0 Å². The first-order valence-corrected chi connectivity index (χ1v) is 13.8. The minimum Gasteiger partial charge on any atom is -0.393 e. The predicted molar refractivity (Wildman–Crippen MR) is 133 cm³/mol. The normalized spacial score (nSPS) is 57.1. The number of aliphatic hydroxyl groups is 3. The van der Waals surface area contributed by atoms with E-state index in [9.17, 15) is 15.3 Å². The van der Waals surface area contributed by atoms with Gasteiger partial charge in [0.2, 0.25) is 0 Å². The van der Waals surface area contributed by atoms with Gasteiger partial charge in [-0.25, -0.2) is 0 Å². The minimum absolute atomic E-state index is 0.0159. The van der Waals surface area contributed by atoms with E-state index in [4.69, 9.17) is 0 Å². The van der Waals surface area contributed by atoms with Crippen molar-refractivity contribution in [1.82, 2.24) is 0 Å². The molecule has 3 nitrogen and oxygen atoms in total. The van der Waals surface area contributed by atoms with Gasteiger partial charge in [-0.15, -0.1) is 0 Å². The first-order chi connectivity index (χ1) is 15.1. The van der Waals surface area contributed by atoms with Crippen molar-refractivity contribution in [1.29, 1.82) is 0 Å². The largest absolute Gasteiger partial charge is 0.393 e. The second-order valence-electron chi connectivity index (χ2n) is 15.3. The lowest BCUT2D eigenvalue weighted by Crippen LogP contribution is -2.66. The lowest BCUT2D eigenvalue weighted by Gasteiger charge is -2.71. The van der Waals surface area contributed by atoms with Crippen LogP contribution in [0.2, 0.25) is 0 Å². The van der Waals surface area contributed by atoms with Gasteiger partial charge >= 0.3 is 0 Å². The molecular formula is C30H50O3. The Morgan fingerprint density at radius 2 is 1.39 bits per heavy atom. The molecule has 0 aromatic rings. The summed E-state index contributed by atoms with van der Waals surface area (Å²) in [5.74, 6) is 1.56. The maximum absolute atomic E-state index is 11.3. The van der Waals surface area contributed by atoms with Crippen molar-refractivity contribution in [2.45, 2.75) is 125 Å². The molecule has 188 valence electrons. The summed E-state index contributed by atoms with van der Waals surface area (Å²) in [4.78, 5) is 0. The van der Waals surface area contributed by atoms with E-state index in [1.54, 1.807) is 5.57 Å². The molecular weight excluding hydrogens is 408 g/mol. The predicted octanol–water partition coefficient (Wildman–Crippen LogP) is 6.11. The summed E-state index contributed by atoms with van der Waals surface area (Å²) in [5, 5.41) is 33.2. The molecule has 4 saturated carbocycles. The van der Waals surface area contributed by atoms with Crippen LogP contribution >= 0.6 is 0 Å². The number of aliphatic hydroxyl groups excluding tert-OH is 3. The summed E-state index contributed by atoms with van der Waals surface area (Å²) in [6.07, 6.45) is 9.83. The van der Waals surface area contributed by atoms with E-state index < -0.39 is 12.2 Å². The lowest BCUT2D eigenvalue weighted by molar-refractivity contribution is -0.218. The topological polar surface area (TPSA) is 60.7 Å². The van der Waals surface area contributed by atoms with Gasteiger partial charge in [-0.1, -0.05) is 67.0 Å². The third-order valence-electron chi connectivity index (χ3n) is 13.3. The van der Waals surface area contributed by atoms with E-state index in [0.29, 0.717) is 17.8 Å². The molecule has 0 aliphatic heterocycles. The van der Waals surface area contributed by atoms with E-state index in [1.807, 2.05) is 0 Å². The van der Waals surface area contributed by atoms with Gasteiger partial charge in [0, 0.05) is 5.41 Å². The van der Waals surface area contributed by atoms with Gasteiger partial charge in [-0.3, -0.25) is 0 Å². The Labute approximate surface area is 202 Å². The third kappa shape index (κ3) is 2.80. The summed E-state index contributed by atoms with van der Waals surface area (Å²) >= 11 is 0. The molecule has 5 rings (SSSR count). The van der Waals surface area contributed by atoms with Gasteiger partial charge in [-0.05, 0) is 96.2 Å². The molecule has 5 aliphatic carbocycles. The summed E-state index contributed by atoms with van der Waals surface area (Å²) in [6, 6.07) is 0. The zero-order chi connectivity index (χ0) is 24.4. The van der Waals surface area contributed by atoms with Crippen molar-refractivity contribution in [2.75, 3.05) is 0 Å². The number of hydrogen-bond donors (Lipinski definition) is 3. The number of fused-ring (bicyclic) bond motifs is 7. The van der Waals surface area contributed by atoms with E-state index in [2.05, 4.69) is 61.5 Å². The van der Waals surface area contributed by atoms with Crippen LogP contribution in [0.4, 0.5) is 0 Å². The second-order valence-corrected chi connectivity index (χ2v) is 15.3. The van der Waals surface area contributed by atoms with Crippen LogP contribution in [0.5, 0.6) is 0 Å². The van der Waals surface area contributed by atoms with E-state index in [0.717, 1.165) is 38.5 Å². The molecule has 9 unspecified atom stereocenters. The maximum atomic E-state index is 11.3. The summed E-state index contributed by atoms with van der Waals surface area (Å²) in [7, 11) is 0. The van der Waals surface area contributed by atoms with Gasteiger partial charge in [0.1, 0.15) is 0 Å². The molecule has 10 atom stereocenters. The van der Waals surface area contributed by atoms with E-state index >= 15 is 0 Å².